The molecule has 3 rings (SSSR count). The summed E-state index contributed by atoms with van der Waals surface area (Å²) in [7, 11) is 0. The number of aryl methyl sites for hydroxylation is 1. The number of nitrogens with one attached hydrogen (secondary N) is 2. The topological polar surface area (TPSA) is 62.5 Å². The molecule has 0 aliphatic heterocycles. The van der Waals surface area contributed by atoms with Crippen LogP contribution in [0.1, 0.15) is 43.7 Å². The highest BCUT2D eigenvalue weighted by atomic mass is 79.9. The van der Waals surface area contributed by atoms with Gasteiger partial charge in [-0.3, -0.25) is 0 Å². The first-order valence-electron chi connectivity index (χ1n) is 8.88. The smallest absolute Gasteiger partial charge is 0.191 e. The van der Waals surface area contributed by atoms with Gasteiger partial charge in [-0.05, 0) is 43.9 Å². The highest BCUT2D eigenvalue weighted by molar-refractivity contribution is 9.10. The number of aliphatic imine (C=N–C) groups is 1. The first-order chi connectivity index (χ1) is 12.1. The maximum atomic E-state index is 5.31. The molecular formula is C19H25BrN4O. The number of hydrogen-bond acceptors (Lipinski definition) is 3. The summed E-state index contributed by atoms with van der Waals surface area (Å²) in [5.74, 6) is 1.61. The van der Waals surface area contributed by atoms with Crippen LogP contribution in [-0.2, 0) is 18.4 Å². The van der Waals surface area contributed by atoms with E-state index in [1.165, 1.54) is 18.4 Å². The third-order valence-electron chi connectivity index (χ3n) is 4.59. The number of halogens is 1. The van der Waals surface area contributed by atoms with E-state index in [1.807, 2.05) is 6.07 Å². The number of rotatable bonds is 7. The van der Waals surface area contributed by atoms with Crippen LogP contribution in [0.3, 0.4) is 0 Å². The summed E-state index contributed by atoms with van der Waals surface area (Å²) < 4.78 is 6.44. The molecule has 2 N–H and O–H groups in total. The molecule has 1 aliphatic rings. The van der Waals surface area contributed by atoms with Gasteiger partial charge in [0.1, 0.15) is 6.54 Å². The minimum Gasteiger partial charge on any atom is -0.359 e. The van der Waals surface area contributed by atoms with Gasteiger partial charge in [-0.2, -0.15) is 0 Å². The van der Waals surface area contributed by atoms with Crippen LogP contribution in [0.4, 0.5) is 0 Å². The van der Waals surface area contributed by atoms with Crippen molar-refractivity contribution in [3.63, 3.8) is 0 Å². The fourth-order valence-electron chi connectivity index (χ4n) is 2.89. The lowest BCUT2D eigenvalue weighted by molar-refractivity contribution is 0.379. The van der Waals surface area contributed by atoms with Crippen LogP contribution >= 0.6 is 15.9 Å². The molecule has 6 heteroatoms. The molecule has 0 bridgehead atoms. The first kappa shape index (κ1) is 18.0. The molecule has 1 fully saturated rings. The van der Waals surface area contributed by atoms with Crippen LogP contribution in [0.15, 0.2) is 44.3 Å². The number of nitrogens with zero attached hydrogens (tertiary/aromatic N) is 2. The Morgan fingerprint density at radius 3 is 2.76 bits per heavy atom. The molecular weight excluding hydrogens is 380 g/mol. The van der Waals surface area contributed by atoms with Crippen LogP contribution in [0.2, 0.25) is 0 Å². The van der Waals surface area contributed by atoms with Gasteiger partial charge in [0.15, 0.2) is 11.7 Å². The Morgan fingerprint density at radius 1 is 1.28 bits per heavy atom. The van der Waals surface area contributed by atoms with Crippen LogP contribution < -0.4 is 10.6 Å². The van der Waals surface area contributed by atoms with Gasteiger partial charge in [0.2, 0.25) is 0 Å². The van der Waals surface area contributed by atoms with Crippen LogP contribution in [-0.4, -0.2) is 24.2 Å². The maximum absolute atomic E-state index is 5.31. The summed E-state index contributed by atoms with van der Waals surface area (Å²) in [5, 5.41) is 10.8. The van der Waals surface area contributed by atoms with Gasteiger partial charge in [0.25, 0.3) is 0 Å². The third kappa shape index (κ3) is 4.63. The number of benzene rings is 1. The van der Waals surface area contributed by atoms with Gasteiger partial charge < -0.3 is 15.2 Å². The van der Waals surface area contributed by atoms with Crippen molar-refractivity contribution in [1.82, 2.24) is 15.8 Å². The van der Waals surface area contributed by atoms with Crippen molar-refractivity contribution in [3.8, 4) is 0 Å². The van der Waals surface area contributed by atoms with E-state index in [-0.39, 0.29) is 5.41 Å². The Balaban J connectivity index is 1.62. The lowest BCUT2D eigenvalue weighted by Crippen LogP contribution is -2.41. The van der Waals surface area contributed by atoms with Crippen molar-refractivity contribution >= 4 is 21.9 Å². The SMILES string of the molecule is CCNC(=NCc1cc(CC)no1)NCC1(c2cccc(Br)c2)CC1. The molecule has 1 aliphatic carbocycles. The fourth-order valence-corrected chi connectivity index (χ4v) is 3.28. The molecule has 0 radical (unpaired) electrons. The van der Waals surface area contributed by atoms with E-state index in [2.05, 4.69) is 74.8 Å². The summed E-state index contributed by atoms with van der Waals surface area (Å²) in [6, 6.07) is 10.6. The van der Waals surface area contributed by atoms with Gasteiger partial charge in [0, 0.05) is 29.0 Å². The Bertz CT molecular complexity index is 737. The maximum Gasteiger partial charge on any atom is 0.191 e. The standard InChI is InChI=1S/C19H25BrN4O/c1-3-16-11-17(25-24-16)12-22-18(21-4-2)23-13-19(8-9-19)14-6-5-7-15(20)10-14/h5-7,10-11H,3-4,8-9,12-13H2,1-2H3,(H2,21,22,23). The van der Waals surface area contributed by atoms with Crippen LogP contribution in [0, 0.1) is 0 Å². The van der Waals surface area contributed by atoms with Crippen molar-refractivity contribution in [2.45, 2.75) is 45.1 Å². The molecule has 134 valence electrons. The fraction of sp³-hybridized carbons (Fsp3) is 0.474. The van der Waals surface area contributed by atoms with Crippen molar-refractivity contribution in [1.29, 1.82) is 0 Å². The summed E-state index contributed by atoms with van der Waals surface area (Å²) in [6.45, 7) is 6.33. The third-order valence-corrected chi connectivity index (χ3v) is 5.09. The predicted molar refractivity (Wildman–Crippen MR) is 104 cm³/mol. The number of aromatic nitrogens is 1. The summed E-state index contributed by atoms with van der Waals surface area (Å²) in [4.78, 5) is 4.62. The first-order valence-corrected chi connectivity index (χ1v) is 9.67. The van der Waals surface area contributed by atoms with Crippen LogP contribution in [0.5, 0.6) is 0 Å². The lowest BCUT2D eigenvalue weighted by atomic mass is 9.96. The van der Waals surface area contributed by atoms with E-state index in [1.54, 1.807) is 0 Å². The molecule has 5 nitrogen and oxygen atoms in total. The summed E-state index contributed by atoms with van der Waals surface area (Å²) in [5.41, 5.74) is 2.57. The second-order valence-electron chi connectivity index (χ2n) is 6.48. The zero-order valence-corrected chi connectivity index (χ0v) is 16.4. The molecule has 1 aromatic heterocycles. The average molecular weight is 405 g/mol. The minimum absolute atomic E-state index is 0.224. The molecule has 1 saturated carbocycles. The van der Waals surface area contributed by atoms with E-state index in [0.717, 1.165) is 41.4 Å². The largest absolute Gasteiger partial charge is 0.359 e. The van der Waals surface area contributed by atoms with Crippen molar-refractivity contribution in [2.75, 3.05) is 13.1 Å². The van der Waals surface area contributed by atoms with Crippen molar-refractivity contribution in [3.05, 3.63) is 51.8 Å². The number of hydrogen-bond donors (Lipinski definition) is 2. The van der Waals surface area contributed by atoms with Crippen molar-refractivity contribution in [2.24, 2.45) is 4.99 Å². The molecule has 25 heavy (non-hydrogen) atoms. The zero-order valence-electron chi connectivity index (χ0n) is 14.8. The Hall–Kier alpha value is -1.82. The normalized spacial score (nSPS) is 15.9. The minimum atomic E-state index is 0.224. The highest BCUT2D eigenvalue weighted by Gasteiger charge is 2.44. The zero-order chi connectivity index (χ0) is 17.7. The highest BCUT2D eigenvalue weighted by Crippen LogP contribution is 2.48. The monoisotopic (exact) mass is 404 g/mol. The molecule has 0 unspecified atom stereocenters. The molecule has 1 heterocycles. The van der Waals surface area contributed by atoms with Crippen LogP contribution in [0.25, 0.3) is 0 Å². The van der Waals surface area contributed by atoms with Gasteiger partial charge in [-0.25, -0.2) is 4.99 Å². The molecule has 1 aromatic carbocycles. The second kappa shape index (κ2) is 8.04. The molecule has 2 aromatic rings. The van der Waals surface area contributed by atoms with Gasteiger partial charge in [-0.15, -0.1) is 0 Å². The van der Waals surface area contributed by atoms with E-state index in [4.69, 9.17) is 4.52 Å². The van der Waals surface area contributed by atoms with E-state index >= 15 is 0 Å². The molecule has 0 saturated heterocycles. The van der Waals surface area contributed by atoms with Gasteiger partial charge in [-0.1, -0.05) is 40.1 Å². The Kier molecular flexibility index (Phi) is 5.78. The summed E-state index contributed by atoms with van der Waals surface area (Å²) >= 11 is 3.57. The van der Waals surface area contributed by atoms with Crippen molar-refractivity contribution < 1.29 is 4.52 Å². The second-order valence-corrected chi connectivity index (χ2v) is 7.39. The van der Waals surface area contributed by atoms with E-state index in [9.17, 15) is 0 Å². The predicted octanol–water partition coefficient (Wildman–Crippen LogP) is 3.79. The quantitative estimate of drug-likeness (QED) is 0.544. The van der Waals surface area contributed by atoms with Gasteiger partial charge in [0.05, 0.1) is 5.69 Å². The Labute approximate surface area is 157 Å². The summed E-state index contributed by atoms with van der Waals surface area (Å²) in [6.07, 6.45) is 3.29. The molecule has 0 atom stereocenters. The lowest BCUT2D eigenvalue weighted by Gasteiger charge is -2.19. The van der Waals surface area contributed by atoms with Gasteiger partial charge >= 0.3 is 0 Å². The van der Waals surface area contributed by atoms with E-state index in [0.29, 0.717) is 6.54 Å². The molecule has 0 spiro atoms. The Morgan fingerprint density at radius 2 is 2.12 bits per heavy atom. The average Bonchev–Trinajstić information content (AvgIpc) is 3.27. The van der Waals surface area contributed by atoms with E-state index < -0.39 is 0 Å². The molecule has 0 amide bonds. The number of guanidine groups is 1.